The van der Waals surface area contributed by atoms with Crippen molar-refractivity contribution in [2.24, 2.45) is 0 Å². The number of aliphatic hydroxyl groups is 1. The molecule has 0 heterocycles. The highest BCUT2D eigenvalue weighted by atomic mass is 35.5. The average Bonchev–Trinajstić information content (AvgIpc) is 1.96. The number of hydrogen-bond acceptors (Lipinski definition) is 1. The van der Waals surface area contributed by atoms with Gasteiger partial charge in [0.25, 0.3) is 0 Å². The number of aliphatic hydroxyl groups excluding tert-OH is 1. The standard InChI is InChI=1S/C9H10ClFO/c1-6(12)4-7-2-3-9(11)8(10)5-7/h2-3,5-6,12H,4H2,1H3/t6-/m1/s1. The Labute approximate surface area is 75.8 Å². The first kappa shape index (κ1) is 9.49. The highest BCUT2D eigenvalue weighted by molar-refractivity contribution is 6.30. The highest BCUT2D eigenvalue weighted by Crippen LogP contribution is 2.16. The lowest BCUT2D eigenvalue weighted by Crippen LogP contribution is -2.03. The van der Waals surface area contributed by atoms with Gasteiger partial charge in [0.15, 0.2) is 0 Å². The molecule has 0 unspecified atom stereocenters. The van der Waals surface area contributed by atoms with Crippen molar-refractivity contribution in [1.29, 1.82) is 0 Å². The number of rotatable bonds is 2. The van der Waals surface area contributed by atoms with Crippen LogP contribution in [0.2, 0.25) is 5.02 Å². The maximum absolute atomic E-state index is 12.6. The van der Waals surface area contributed by atoms with E-state index in [2.05, 4.69) is 0 Å². The van der Waals surface area contributed by atoms with Crippen LogP contribution in [0.25, 0.3) is 0 Å². The molecule has 3 heteroatoms. The maximum atomic E-state index is 12.6. The molecule has 66 valence electrons. The van der Waals surface area contributed by atoms with Gasteiger partial charge in [-0.15, -0.1) is 0 Å². The molecule has 0 amide bonds. The third-order valence-corrected chi connectivity index (χ3v) is 1.80. The Morgan fingerprint density at radius 1 is 1.58 bits per heavy atom. The molecule has 0 radical (unpaired) electrons. The molecule has 0 saturated heterocycles. The zero-order valence-electron chi connectivity index (χ0n) is 6.72. The van der Waals surface area contributed by atoms with Gasteiger partial charge in [-0.2, -0.15) is 0 Å². The predicted molar refractivity (Wildman–Crippen MR) is 46.8 cm³/mol. The third-order valence-electron chi connectivity index (χ3n) is 1.52. The van der Waals surface area contributed by atoms with Crippen LogP contribution in [-0.2, 0) is 6.42 Å². The fourth-order valence-electron chi connectivity index (χ4n) is 1.01. The second-order valence-corrected chi connectivity index (χ2v) is 3.21. The summed E-state index contributed by atoms with van der Waals surface area (Å²) in [7, 11) is 0. The van der Waals surface area contributed by atoms with Crippen molar-refractivity contribution in [1.82, 2.24) is 0 Å². The lowest BCUT2D eigenvalue weighted by Gasteiger charge is -2.04. The van der Waals surface area contributed by atoms with Crippen molar-refractivity contribution < 1.29 is 9.50 Å². The SMILES string of the molecule is C[C@@H](O)Cc1ccc(F)c(Cl)c1. The maximum Gasteiger partial charge on any atom is 0.141 e. The summed E-state index contributed by atoms with van der Waals surface area (Å²) in [5.41, 5.74) is 0.844. The molecular weight excluding hydrogens is 179 g/mol. The van der Waals surface area contributed by atoms with E-state index in [0.717, 1.165) is 5.56 Å². The molecule has 1 aromatic rings. The Kier molecular flexibility index (Phi) is 3.06. The summed E-state index contributed by atoms with van der Waals surface area (Å²) in [6.45, 7) is 1.68. The number of halogens is 2. The molecule has 1 N–H and O–H groups in total. The smallest absolute Gasteiger partial charge is 0.141 e. The van der Waals surface area contributed by atoms with E-state index in [-0.39, 0.29) is 5.02 Å². The second kappa shape index (κ2) is 3.87. The van der Waals surface area contributed by atoms with Crippen molar-refractivity contribution in [2.45, 2.75) is 19.4 Å². The molecule has 1 atom stereocenters. The van der Waals surface area contributed by atoms with Crippen LogP contribution in [0, 0.1) is 5.82 Å². The Hall–Kier alpha value is -0.600. The summed E-state index contributed by atoms with van der Waals surface area (Å²) in [6, 6.07) is 4.46. The van der Waals surface area contributed by atoms with Crippen LogP contribution < -0.4 is 0 Å². The van der Waals surface area contributed by atoms with Crippen molar-refractivity contribution in [3.63, 3.8) is 0 Å². The topological polar surface area (TPSA) is 20.2 Å². The van der Waals surface area contributed by atoms with Gasteiger partial charge in [0.1, 0.15) is 5.82 Å². The molecule has 0 aromatic heterocycles. The fourth-order valence-corrected chi connectivity index (χ4v) is 1.21. The van der Waals surface area contributed by atoms with Gasteiger partial charge >= 0.3 is 0 Å². The zero-order valence-corrected chi connectivity index (χ0v) is 7.48. The molecule has 0 spiro atoms. The van der Waals surface area contributed by atoms with E-state index < -0.39 is 11.9 Å². The molecule has 0 fully saturated rings. The van der Waals surface area contributed by atoms with Crippen LogP contribution in [0.1, 0.15) is 12.5 Å². The van der Waals surface area contributed by atoms with Crippen LogP contribution >= 0.6 is 11.6 Å². The van der Waals surface area contributed by atoms with E-state index in [1.54, 1.807) is 13.0 Å². The fraction of sp³-hybridized carbons (Fsp3) is 0.333. The second-order valence-electron chi connectivity index (χ2n) is 2.80. The molecule has 0 aliphatic rings. The summed E-state index contributed by atoms with van der Waals surface area (Å²) in [6.07, 6.45) is 0.0755. The normalized spacial score (nSPS) is 13.0. The minimum atomic E-state index is -0.425. The largest absolute Gasteiger partial charge is 0.393 e. The molecule has 0 aliphatic carbocycles. The summed E-state index contributed by atoms with van der Waals surface area (Å²) in [4.78, 5) is 0. The monoisotopic (exact) mass is 188 g/mol. The molecule has 1 rings (SSSR count). The Morgan fingerprint density at radius 2 is 2.25 bits per heavy atom. The molecule has 1 aromatic carbocycles. The minimum Gasteiger partial charge on any atom is -0.393 e. The van der Waals surface area contributed by atoms with Crippen molar-refractivity contribution in [2.75, 3.05) is 0 Å². The first-order valence-electron chi connectivity index (χ1n) is 3.71. The molecular formula is C9H10ClFO. The molecule has 0 saturated carbocycles. The van der Waals surface area contributed by atoms with Crippen molar-refractivity contribution >= 4 is 11.6 Å². The zero-order chi connectivity index (χ0) is 9.14. The van der Waals surface area contributed by atoms with E-state index in [1.165, 1.54) is 12.1 Å². The first-order valence-corrected chi connectivity index (χ1v) is 4.09. The van der Waals surface area contributed by atoms with Gasteiger partial charge in [-0.3, -0.25) is 0 Å². The van der Waals surface area contributed by atoms with Crippen molar-refractivity contribution in [3.8, 4) is 0 Å². The summed E-state index contributed by atoms with van der Waals surface area (Å²) in [5, 5.41) is 9.13. The lowest BCUT2D eigenvalue weighted by atomic mass is 10.1. The predicted octanol–water partition coefficient (Wildman–Crippen LogP) is 2.40. The summed E-state index contributed by atoms with van der Waals surface area (Å²) >= 11 is 5.54. The van der Waals surface area contributed by atoms with Gasteiger partial charge in [0.05, 0.1) is 11.1 Å². The summed E-state index contributed by atoms with van der Waals surface area (Å²) in [5.74, 6) is -0.425. The van der Waals surface area contributed by atoms with Crippen LogP contribution in [0.5, 0.6) is 0 Å². The number of hydrogen-bond donors (Lipinski definition) is 1. The lowest BCUT2D eigenvalue weighted by molar-refractivity contribution is 0.195. The van der Waals surface area contributed by atoms with Crippen molar-refractivity contribution in [3.05, 3.63) is 34.6 Å². The Balaban J connectivity index is 2.82. The van der Waals surface area contributed by atoms with E-state index in [1.807, 2.05) is 0 Å². The Bertz CT molecular complexity index is 273. The molecule has 12 heavy (non-hydrogen) atoms. The van der Waals surface area contributed by atoms with E-state index in [9.17, 15) is 4.39 Å². The average molecular weight is 189 g/mol. The summed E-state index contributed by atoms with van der Waals surface area (Å²) < 4.78 is 12.6. The minimum absolute atomic E-state index is 0.105. The van der Waals surface area contributed by atoms with Crippen LogP contribution in [-0.4, -0.2) is 11.2 Å². The highest BCUT2D eigenvalue weighted by Gasteiger charge is 2.02. The van der Waals surface area contributed by atoms with Gasteiger partial charge in [-0.05, 0) is 31.0 Å². The quantitative estimate of drug-likeness (QED) is 0.756. The van der Waals surface area contributed by atoms with Gasteiger partial charge in [-0.25, -0.2) is 4.39 Å². The van der Waals surface area contributed by atoms with Gasteiger partial charge in [0, 0.05) is 0 Å². The third kappa shape index (κ3) is 2.47. The van der Waals surface area contributed by atoms with E-state index in [4.69, 9.17) is 16.7 Å². The van der Waals surface area contributed by atoms with Crippen LogP contribution in [0.15, 0.2) is 18.2 Å². The van der Waals surface area contributed by atoms with Gasteiger partial charge in [-0.1, -0.05) is 17.7 Å². The van der Waals surface area contributed by atoms with Gasteiger partial charge < -0.3 is 5.11 Å². The van der Waals surface area contributed by atoms with Crippen LogP contribution in [0.4, 0.5) is 4.39 Å². The molecule has 0 aliphatic heterocycles. The Morgan fingerprint density at radius 3 is 2.75 bits per heavy atom. The van der Waals surface area contributed by atoms with Crippen LogP contribution in [0.3, 0.4) is 0 Å². The first-order chi connectivity index (χ1) is 5.59. The van der Waals surface area contributed by atoms with E-state index >= 15 is 0 Å². The number of benzene rings is 1. The molecule has 1 nitrogen and oxygen atoms in total. The molecule has 0 bridgehead atoms. The van der Waals surface area contributed by atoms with Gasteiger partial charge in [0.2, 0.25) is 0 Å². The van der Waals surface area contributed by atoms with E-state index in [0.29, 0.717) is 6.42 Å².